The number of aromatic nitrogens is 2. The van der Waals surface area contributed by atoms with Gasteiger partial charge < -0.3 is 20.5 Å². The Bertz CT molecular complexity index is 1060. The fraction of sp³-hybridized carbons (Fsp3) is 0.333. The van der Waals surface area contributed by atoms with Crippen LogP contribution >= 0.6 is 31.9 Å². The fourth-order valence-electron chi connectivity index (χ4n) is 3.59. The van der Waals surface area contributed by atoms with Gasteiger partial charge in [0, 0.05) is 62.1 Å². The second-order valence-electron chi connectivity index (χ2n) is 7.53. The number of alkyl halides is 2. The summed E-state index contributed by atoms with van der Waals surface area (Å²) in [6, 6.07) is 14.6. The number of aryl methyl sites for hydroxylation is 1. The highest BCUT2D eigenvalue weighted by atomic mass is 79.9. The Morgan fingerprint density at radius 2 is 1.88 bits per heavy atom. The standard InChI is InChI=1S/C24H29Br2N5O/c1-30-22-8-7-20(31(14-11-25)15-12-26)16-21(22)29-24(30)10-13-28-17-19-4-2-18(3-5-19)6-9-23(27)32/h2-9,16,28H,10-15,17H2,1H3,(H2,27,32)/b9-6+. The number of nitrogens with zero attached hydrogens (tertiary/aromatic N) is 3. The zero-order valence-electron chi connectivity index (χ0n) is 18.2. The van der Waals surface area contributed by atoms with Crippen molar-refractivity contribution in [2.45, 2.75) is 13.0 Å². The Morgan fingerprint density at radius 1 is 1.16 bits per heavy atom. The molecule has 0 saturated heterocycles. The molecule has 0 aliphatic carbocycles. The molecule has 2 aromatic carbocycles. The Hall–Kier alpha value is -2.16. The topological polar surface area (TPSA) is 76.2 Å². The molecule has 0 radical (unpaired) electrons. The quantitative estimate of drug-likeness (QED) is 0.199. The summed E-state index contributed by atoms with van der Waals surface area (Å²) in [4.78, 5) is 18.1. The minimum absolute atomic E-state index is 0.441. The number of rotatable bonds is 12. The van der Waals surface area contributed by atoms with Gasteiger partial charge in [-0.15, -0.1) is 0 Å². The van der Waals surface area contributed by atoms with E-state index in [2.05, 4.69) is 84.0 Å². The Balaban J connectivity index is 1.58. The van der Waals surface area contributed by atoms with Gasteiger partial charge in [0.05, 0.1) is 11.0 Å². The Labute approximate surface area is 206 Å². The van der Waals surface area contributed by atoms with E-state index in [1.165, 1.54) is 17.3 Å². The SMILES string of the molecule is Cn1c(CCNCc2ccc(/C=C/C(N)=O)cc2)nc2cc(N(CCBr)CCBr)ccc21. The van der Waals surface area contributed by atoms with Crippen LogP contribution in [0.2, 0.25) is 0 Å². The zero-order chi connectivity index (χ0) is 22.9. The molecule has 0 bridgehead atoms. The second kappa shape index (κ2) is 12.2. The maximum Gasteiger partial charge on any atom is 0.241 e. The number of carbonyl (C=O) groups is 1. The highest BCUT2D eigenvalue weighted by Crippen LogP contribution is 2.23. The van der Waals surface area contributed by atoms with Crippen LogP contribution in [0.25, 0.3) is 17.1 Å². The summed E-state index contributed by atoms with van der Waals surface area (Å²) in [6.45, 7) is 3.54. The predicted octanol–water partition coefficient (Wildman–Crippen LogP) is 4.00. The van der Waals surface area contributed by atoms with Gasteiger partial charge in [-0.1, -0.05) is 56.1 Å². The molecule has 3 rings (SSSR count). The summed E-state index contributed by atoms with van der Waals surface area (Å²) in [5, 5.41) is 5.36. The third-order valence-electron chi connectivity index (χ3n) is 5.31. The number of anilines is 1. The summed E-state index contributed by atoms with van der Waals surface area (Å²) < 4.78 is 2.18. The van der Waals surface area contributed by atoms with Crippen molar-refractivity contribution in [3.05, 3.63) is 65.5 Å². The summed E-state index contributed by atoms with van der Waals surface area (Å²) in [5.41, 5.74) is 10.7. The van der Waals surface area contributed by atoms with Crippen molar-refractivity contribution in [3.8, 4) is 0 Å². The highest BCUT2D eigenvalue weighted by Gasteiger charge is 2.11. The van der Waals surface area contributed by atoms with Crippen LogP contribution in [0.15, 0.2) is 48.5 Å². The molecule has 170 valence electrons. The first-order chi connectivity index (χ1) is 15.5. The molecule has 0 saturated carbocycles. The molecule has 0 atom stereocenters. The van der Waals surface area contributed by atoms with Gasteiger partial charge >= 0.3 is 0 Å². The van der Waals surface area contributed by atoms with Crippen LogP contribution in [0.4, 0.5) is 5.69 Å². The number of primary amides is 1. The van der Waals surface area contributed by atoms with Crippen molar-refractivity contribution in [1.29, 1.82) is 0 Å². The molecule has 0 unspecified atom stereocenters. The van der Waals surface area contributed by atoms with Crippen LogP contribution in [-0.2, 0) is 24.8 Å². The number of hydrogen-bond donors (Lipinski definition) is 2. The zero-order valence-corrected chi connectivity index (χ0v) is 21.4. The molecule has 8 heteroatoms. The normalized spacial score (nSPS) is 11.5. The summed E-state index contributed by atoms with van der Waals surface area (Å²) in [5.74, 6) is 0.633. The molecule has 1 heterocycles. The van der Waals surface area contributed by atoms with Gasteiger partial charge in [-0.2, -0.15) is 0 Å². The van der Waals surface area contributed by atoms with Gasteiger partial charge in [0.2, 0.25) is 5.91 Å². The largest absolute Gasteiger partial charge is 0.370 e. The van der Waals surface area contributed by atoms with Crippen molar-refractivity contribution in [2.75, 3.05) is 35.2 Å². The number of fused-ring (bicyclic) bond motifs is 1. The molecule has 3 N–H and O–H groups in total. The molecule has 1 aromatic heterocycles. The lowest BCUT2D eigenvalue weighted by Gasteiger charge is -2.22. The van der Waals surface area contributed by atoms with E-state index in [1.807, 2.05) is 12.1 Å². The number of nitrogens with one attached hydrogen (secondary N) is 1. The van der Waals surface area contributed by atoms with Crippen molar-refractivity contribution < 1.29 is 4.79 Å². The van der Waals surface area contributed by atoms with Crippen molar-refractivity contribution in [1.82, 2.24) is 14.9 Å². The molecule has 32 heavy (non-hydrogen) atoms. The number of nitrogens with two attached hydrogens (primary N) is 1. The van der Waals surface area contributed by atoms with Crippen LogP contribution in [-0.4, -0.2) is 45.8 Å². The van der Waals surface area contributed by atoms with Gasteiger partial charge in [-0.3, -0.25) is 4.79 Å². The third kappa shape index (κ3) is 6.67. The molecular formula is C24H29Br2N5O. The van der Waals surface area contributed by atoms with Crippen molar-refractivity contribution in [2.24, 2.45) is 12.8 Å². The molecule has 0 spiro atoms. The van der Waals surface area contributed by atoms with E-state index in [1.54, 1.807) is 6.08 Å². The van der Waals surface area contributed by atoms with Crippen LogP contribution in [0, 0.1) is 0 Å². The number of carbonyl (C=O) groups excluding carboxylic acids is 1. The summed E-state index contributed by atoms with van der Waals surface area (Å²) >= 11 is 7.09. The van der Waals surface area contributed by atoms with Crippen molar-refractivity contribution in [3.63, 3.8) is 0 Å². The van der Waals surface area contributed by atoms with E-state index in [9.17, 15) is 4.79 Å². The van der Waals surface area contributed by atoms with E-state index in [0.29, 0.717) is 0 Å². The molecule has 3 aromatic rings. The Morgan fingerprint density at radius 3 is 2.53 bits per heavy atom. The summed E-state index contributed by atoms with van der Waals surface area (Å²) in [6.07, 6.45) is 3.94. The van der Waals surface area contributed by atoms with E-state index in [0.717, 1.165) is 65.7 Å². The van der Waals surface area contributed by atoms with E-state index in [-0.39, 0.29) is 0 Å². The first-order valence-electron chi connectivity index (χ1n) is 10.6. The third-order valence-corrected chi connectivity index (χ3v) is 6.01. The van der Waals surface area contributed by atoms with Crippen LogP contribution < -0.4 is 16.0 Å². The minimum Gasteiger partial charge on any atom is -0.370 e. The maximum atomic E-state index is 10.8. The molecular weight excluding hydrogens is 534 g/mol. The highest BCUT2D eigenvalue weighted by molar-refractivity contribution is 9.09. The molecule has 0 fully saturated rings. The molecule has 0 aliphatic rings. The van der Waals surface area contributed by atoms with Gasteiger partial charge in [0.1, 0.15) is 5.82 Å². The van der Waals surface area contributed by atoms with E-state index in [4.69, 9.17) is 10.7 Å². The molecule has 0 aliphatic heterocycles. The average molecular weight is 563 g/mol. The van der Waals surface area contributed by atoms with E-state index < -0.39 is 5.91 Å². The monoisotopic (exact) mass is 561 g/mol. The number of amides is 1. The van der Waals surface area contributed by atoms with Gasteiger partial charge in [-0.05, 0) is 35.4 Å². The number of halogens is 2. The molecule has 6 nitrogen and oxygen atoms in total. The van der Waals surface area contributed by atoms with Crippen LogP contribution in [0.1, 0.15) is 17.0 Å². The second-order valence-corrected chi connectivity index (χ2v) is 9.12. The predicted molar refractivity (Wildman–Crippen MR) is 141 cm³/mol. The average Bonchev–Trinajstić information content (AvgIpc) is 3.10. The van der Waals surface area contributed by atoms with Gasteiger partial charge in [0.15, 0.2) is 0 Å². The fourth-order valence-corrected chi connectivity index (χ4v) is 4.45. The lowest BCUT2D eigenvalue weighted by atomic mass is 10.1. The smallest absolute Gasteiger partial charge is 0.241 e. The van der Waals surface area contributed by atoms with Crippen LogP contribution in [0.5, 0.6) is 0 Å². The van der Waals surface area contributed by atoms with Crippen LogP contribution in [0.3, 0.4) is 0 Å². The van der Waals surface area contributed by atoms with Gasteiger partial charge in [0.25, 0.3) is 0 Å². The lowest BCUT2D eigenvalue weighted by molar-refractivity contribution is -0.113. The summed E-state index contributed by atoms with van der Waals surface area (Å²) in [7, 11) is 2.08. The molecule has 1 amide bonds. The first-order valence-corrected chi connectivity index (χ1v) is 12.9. The van der Waals surface area contributed by atoms with Gasteiger partial charge in [-0.25, -0.2) is 4.98 Å². The lowest BCUT2D eigenvalue weighted by Crippen LogP contribution is -2.27. The number of hydrogen-bond acceptors (Lipinski definition) is 4. The first kappa shape index (κ1) is 24.5. The van der Waals surface area contributed by atoms with E-state index >= 15 is 0 Å². The van der Waals surface area contributed by atoms with Crippen molar-refractivity contribution >= 4 is 60.6 Å². The number of benzene rings is 2. The maximum absolute atomic E-state index is 10.8. The minimum atomic E-state index is -0.441. The Kier molecular flexibility index (Phi) is 9.32. The number of imidazole rings is 1.